The number of hydrogen-bond donors (Lipinski definition) is 1. The molecule has 1 aromatic rings. The fourth-order valence-corrected chi connectivity index (χ4v) is 2.06. The first kappa shape index (κ1) is 16.6. The predicted molar refractivity (Wildman–Crippen MR) is 74.3 cm³/mol. The summed E-state index contributed by atoms with van der Waals surface area (Å²) in [5.74, 6) is -3.14. The number of benzene rings is 1. The molecule has 2 amide bonds. The van der Waals surface area contributed by atoms with Crippen molar-refractivity contribution < 1.29 is 18.4 Å². The van der Waals surface area contributed by atoms with Gasteiger partial charge in [0.25, 0.3) is 5.91 Å². The van der Waals surface area contributed by atoms with E-state index in [-0.39, 0.29) is 23.5 Å². The first-order valence-corrected chi connectivity index (χ1v) is 6.90. The Morgan fingerprint density at radius 2 is 1.80 bits per heavy atom. The normalized spacial score (nSPS) is 10.2. The van der Waals surface area contributed by atoms with Gasteiger partial charge in [0.05, 0.1) is 6.54 Å². The molecular formula is C13H15BrF2N2O2. The van der Waals surface area contributed by atoms with Crippen LogP contribution in [0.2, 0.25) is 0 Å². The van der Waals surface area contributed by atoms with Crippen molar-refractivity contribution in [3.05, 3.63) is 33.8 Å². The van der Waals surface area contributed by atoms with E-state index in [9.17, 15) is 18.4 Å². The molecule has 20 heavy (non-hydrogen) atoms. The first-order chi connectivity index (χ1) is 9.40. The SMILES string of the molecule is CCNC(=O)CN(CC)C(=O)c1c(F)cc(Br)cc1F. The number of halogens is 3. The Morgan fingerprint density at radius 3 is 2.25 bits per heavy atom. The van der Waals surface area contributed by atoms with Crippen LogP contribution in [0.3, 0.4) is 0 Å². The molecular weight excluding hydrogens is 334 g/mol. The number of carbonyl (C=O) groups excluding carboxylic acids is 2. The second-order valence-corrected chi connectivity index (χ2v) is 4.93. The molecule has 0 unspecified atom stereocenters. The Labute approximate surface area is 124 Å². The fourth-order valence-electron chi connectivity index (χ4n) is 1.66. The predicted octanol–water partition coefficient (Wildman–Crippen LogP) is 2.33. The third-order valence-electron chi connectivity index (χ3n) is 2.60. The summed E-state index contributed by atoms with van der Waals surface area (Å²) in [5, 5.41) is 2.53. The molecule has 0 radical (unpaired) electrons. The maximum Gasteiger partial charge on any atom is 0.260 e. The Kier molecular flexibility index (Phi) is 6.06. The van der Waals surface area contributed by atoms with Gasteiger partial charge in [0.1, 0.15) is 17.2 Å². The molecule has 1 rings (SSSR count). The standard InChI is InChI=1S/C13H15BrF2N2O2/c1-3-17-11(19)7-18(4-2)13(20)12-9(15)5-8(14)6-10(12)16/h5-6H,3-4,7H2,1-2H3,(H,17,19). The van der Waals surface area contributed by atoms with Crippen LogP contribution in [0.15, 0.2) is 16.6 Å². The molecule has 4 nitrogen and oxygen atoms in total. The minimum atomic E-state index is -0.962. The molecule has 1 N–H and O–H groups in total. The van der Waals surface area contributed by atoms with E-state index >= 15 is 0 Å². The highest BCUT2D eigenvalue weighted by atomic mass is 79.9. The quantitative estimate of drug-likeness (QED) is 0.887. The third kappa shape index (κ3) is 4.00. The number of nitrogens with one attached hydrogen (secondary N) is 1. The van der Waals surface area contributed by atoms with Crippen molar-refractivity contribution in [1.29, 1.82) is 0 Å². The van der Waals surface area contributed by atoms with Crippen LogP contribution in [0.5, 0.6) is 0 Å². The van der Waals surface area contributed by atoms with Crippen molar-refractivity contribution in [3.63, 3.8) is 0 Å². The minimum absolute atomic E-state index is 0.172. The van der Waals surface area contributed by atoms with Crippen molar-refractivity contribution in [2.24, 2.45) is 0 Å². The zero-order chi connectivity index (χ0) is 15.3. The lowest BCUT2D eigenvalue weighted by Crippen LogP contribution is -2.41. The van der Waals surface area contributed by atoms with Crippen LogP contribution < -0.4 is 5.32 Å². The summed E-state index contributed by atoms with van der Waals surface area (Å²) < 4.78 is 27.7. The number of nitrogens with zero attached hydrogens (tertiary/aromatic N) is 1. The molecule has 7 heteroatoms. The van der Waals surface area contributed by atoms with Gasteiger partial charge in [-0.05, 0) is 26.0 Å². The highest BCUT2D eigenvalue weighted by Gasteiger charge is 2.24. The van der Waals surface area contributed by atoms with Crippen LogP contribution in [0, 0.1) is 11.6 Å². The van der Waals surface area contributed by atoms with E-state index in [0.717, 1.165) is 17.0 Å². The fraction of sp³-hybridized carbons (Fsp3) is 0.385. The molecule has 0 bridgehead atoms. The van der Waals surface area contributed by atoms with Crippen LogP contribution in [-0.4, -0.2) is 36.3 Å². The molecule has 0 aromatic heterocycles. The average Bonchev–Trinajstić information content (AvgIpc) is 2.34. The highest BCUT2D eigenvalue weighted by Crippen LogP contribution is 2.20. The van der Waals surface area contributed by atoms with Crippen molar-refractivity contribution in [1.82, 2.24) is 10.2 Å². The molecule has 0 aliphatic heterocycles. The summed E-state index contributed by atoms with van der Waals surface area (Å²) in [5.41, 5.74) is -0.653. The number of amides is 2. The van der Waals surface area contributed by atoms with E-state index in [0.29, 0.717) is 6.54 Å². The Balaban J connectivity index is 3.00. The maximum absolute atomic E-state index is 13.7. The highest BCUT2D eigenvalue weighted by molar-refractivity contribution is 9.10. The van der Waals surface area contributed by atoms with Gasteiger partial charge in [-0.15, -0.1) is 0 Å². The van der Waals surface area contributed by atoms with Gasteiger partial charge >= 0.3 is 0 Å². The number of likely N-dealkylation sites (N-methyl/N-ethyl adjacent to an activating group) is 2. The Hall–Kier alpha value is -1.50. The van der Waals surface area contributed by atoms with Gasteiger partial charge in [-0.1, -0.05) is 15.9 Å². The third-order valence-corrected chi connectivity index (χ3v) is 3.06. The molecule has 1 aromatic carbocycles. The second kappa shape index (κ2) is 7.33. The number of hydrogen-bond acceptors (Lipinski definition) is 2. The average molecular weight is 349 g/mol. The minimum Gasteiger partial charge on any atom is -0.355 e. The van der Waals surface area contributed by atoms with Gasteiger partial charge in [-0.3, -0.25) is 9.59 Å². The molecule has 0 atom stereocenters. The van der Waals surface area contributed by atoms with Gasteiger partial charge in [-0.25, -0.2) is 8.78 Å². The summed E-state index contributed by atoms with van der Waals surface area (Å²) in [7, 11) is 0. The van der Waals surface area contributed by atoms with E-state index in [2.05, 4.69) is 21.2 Å². The number of carbonyl (C=O) groups is 2. The molecule has 0 aliphatic carbocycles. The van der Waals surface area contributed by atoms with Crippen molar-refractivity contribution in [3.8, 4) is 0 Å². The van der Waals surface area contributed by atoms with Crippen molar-refractivity contribution >= 4 is 27.7 Å². The van der Waals surface area contributed by atoms with E-state index in [1.807, 2.05) is 0 Å². The smallest absolute Gasteiger partial charge is 0.260 e. The van der Waals surface area contributed by atoms with Crippen molar-refractivity contribution in [2.45, 2.75) is 13.8 Å². The lowest BCUT2D eigenvalue weighted by Gasteiger charge is -2.20. The van der Waals surface area contributed by atoms with Gasteiger partial charge in [0.15, 0.2) is 0 Å². The van der Waals surface area contributed by atoms with Crippen LogP contribution in [0.25, 0.3) is 0 Å². The van der Waals surface area contributed by atoms with E-state index in [1.165, 1.54) is 0 Å². The van der Waals surface area contributed by atoms with E-state index in [4.69, 9.17) is 0 Å². The summed E-state index contributed by atoms with van der Waals surface area (Å²) in [6, 6.07) is 2.02. The number of rotatable bonds is 5. The van der Waals surface area contributed by atoms with Crippen LogP contribution in [0.1, 0.15) is 24.2 Å². The van der Waals surface area contributed by atoms with Gasteiger partial charge in [-0.2, -0.15) is 0 Å². The van der Waals surface area contributed by atoms with Gasteiger partial charge in [0, 0.05) is 17.6 Å². The Bertz CT molecular complexity index is 500. The van der Waals surface area contributed by atoms with Crippen LogP contribution in [-0.2, 0) is 4.79 Å². The van der Waals surface area contributed by atoms with Gasteiger partial charge in [0.2, 0.25) is 5.91 Å². The first-order valence-electron chi connectivity index (χ1n) is 6.11. The summed E-state index contributed by atoms with van der Waals surface area (Å²) in [6.45, 7) is 3.73. The summed E-state index contributed by atoms with van der Waals surface area (Å²) >= 11 is 2.94. The molecule has 0 spiro atoms. The lowest BCUT2D eigenvalue weighted by atomic mass is 10.1. The maximum atomic E-state index is 13.7. The largest absolute Gasteiger partial charge is 0.355 e. The van der Waals surface area contributed by atoms with E-state index < -0.39 is 23.1 Å². The molecule has 0 heterocycles. The second-order valence-electron chi connectivity index (χ2n) is 4.02. The molecule has 110 valence electrons. The van der Waals surface area contributed by atoms with Crippen molar-refractivity contribution in [2.75, 3.05) is 19.6 Å². The van der Waals surface area contributed by atoms with E-state index in [1.54, 1.807) is 13.8 Å². The Morgan fingerprint density at radius 1 is 1.25 bits per heavy atom. The molecule has 0 saturated heterocycles. The zero-order valence-electron chi connectivity index (χ0n) is 11.2. The monoisotopic (exact) mass is 348 g/mol. The van der Waals surface area contributed by atoms with Gasteiger partial charge < -0.3 is 10.2 Å². The molecule has 0 fully saturated rings. The molecule has 0 saturated carbocycles. The summed E-state index contributed by atoms with van der Waals surface area (Å²) in [4.78, 5) is 24.7. The van der Waals surface area contributed by atoms with Crippen LogP contribution >= 0.6 is 15.9 Å². The summed E-state index contributed by atoms with van der Waals surface area (Å²) in [6.07, 6.45) is 0. The lowest BCUT2D eigenvalue weighted by molar-refractivity contribution is -0.121. The molecule has 0 aliphatic rings. The topological polar surface area (TPSA) is 49.4 Å². The zero-order valence-corrected chi connectivity index (χ0v) is 12.8. The van der Waals surface area contributed by atoms with Crippen LogP contribution in [0.4, 0.5) is 8.78 Å².